The van der Waals surface area contributed by atoms with Crippen molar-refractivity contribution in [1.82, 2.24) is 24.8 Å². The molecule has 3 heterocycles. The Morgan fingerprint density at radius 2 is 2.03 bits per heavy atom. The number of hydrogen-bond acceptors (Lipinski definition) is 5. The Labute approximate surface area is 216 Å². The number of nitrogens with zero attached hydrogens (tertiary/aromatic N) is 4. The number of pyridine rings is 1. The molecule has 0 unspecified atom stereocenters. The van der Waals surface area contributed by atoms with Gasteiger partial charge in [0.2, 0.25) is 0 Å². The van der Waals surface area contributed by atoms with E-state index in [1.54, 1.807) is 6.20 Å². The molecule has 5 rings (SSSR count). The molecular formula is C28H35F2N5O2. The van der Waals surface area contributed by atoms with E-state index in [1.807, 2.05) is 41.8 Å². The largest absolute Gasteiger partial charge is 0.459 e. The standard InChI is InChI=1S/C28H35F2N5O2/c1-2-35-25-13-16-34(17-24(25)33-28(35)37-18-26(29)30)15-12-19-8-10-20(11-9-19)32-27(36)22-5-3-7-23-21(22)6-4-14-31-23/h3-7,14,19-20,26H,2,8-13,15-18H2,1H3,(H,32,36)/t19-,20-. The van der Waals surface area contributed by atoms with Crippen LogP contribution in [0, 0.1) is 5.92 Å². The smallest absolute Gasteiger partial charge is 0.296 e. The highest BCUT2D eigenvalue weighted by Crippen LogP contribution is 2.29. The lowest BCUT2D eigenvalue weighted by Crippen LogP contribution is -2.38. The van der Waals surface area contributed by atoms with Gasteiger partial charge in [-0.05, 0) is 69.7 Å². The summed E-state index contributed by atoms with van der Waals surface area (Å²) in [4.78, 5) is 24.3. The Morgan fingerprint density at radius 1 is 1.19 bits per heavy atom. The minimum absolute atomic E-state index is 0.0189. The van der Waals surface area contributed by atoms with Gasteiger partial charge in [0.05, 0.1) is 11.2 Å². The third-order valence-corrected chi connectivity index (χ3v) is 7.74. The molecule has 1 saturated carbocycles. The van der Waals surface area contributed by atoms with Crippen molar-refractivity contribution in [1.29, 1.82) is 0 Å². The molecule has 1 fully saturated rings. The van der Waals surface area contributed by atoms with Crippen LogP contribution in [0.25, 0.3) is 10.9 Å². The number of rotatable bonds is 9. The van der Waals surface area contributed by atoms with Crippen molar-refractivity contribution in [3.63, 3.8) is 0 Å². The highest BCUT2D eigenvalue weighted by Gasteiger charge is 2.27. The second kappa shape index (κ2) is 11.5. The fourth-order valence-corrected chi connectivity index (χ4v) is 5.76. The molecule has 0 spiro atoms. The van der Waals surface area contributed by atoms with E-state index >= 15 is 0 Å². The molecule has 1 aromatic carbocycles. The quantitative estimate of drug-likeness (QED) is 0.446. The van der Waals surface area contributed by atoms with E-state index in [4.69, 9.17) is 4.74 Å². The van der Waals surface area contributed by atoms with Gasteiger partial charge in [-0.15, -0.1) is 0 Å². The van der Waals surface area contributed by atoms with Crippen molar-refractivity contribution >= 4 is 16.8 Å². The zero-order chi connectivity index (χ0) is 25.8. The maximum atomic E-state index is 13.0. The number of carbonyl (C=O) groups is 1. The monoisotopic (exact) mass is 511 g/mol. The predicted molar refractivity (Wildman–Crippen MR) is 138 cm³/mol. The fourth-order valence-electron chi connectivity index (χ4n) is 5.76. The molecule has 2 aliphatic rings. The second-order valence-corrected chi connectivity index (χ2v) is 10.1. The molecule has 37 heavy (non-hydrogen) atoms. The first-order valence-electron chi connectivity index (χ1n) is 13.4. The first-order chi connectivity index (χ1) is 18.0. The molecule has 1 aliphatic carbocycles. The Kier molecular flexibility index (Phi) is 7.98. The summed E-state index contributed by atoms with van der Waals surface area (Å²) in [5.74, 6) is 0.629. The first-order valence-corrected chi connectivity index (χ1v) is 13.4. The summed E-state index contributed by atoms with van der Waals surface area (Å²) in [5, 5.41) is 4.13. The molecule has 198 valence electrons. The Bertz CT molecular complexity index is 1220. The molecule has 1 aliphatic heterocycles. The van der Waals surface area contributed by atoms with Gasteiger partial charge in [-0.2, -0.15) is 4.98 Å². The van der Waals surface area contributed by atoms with Gasteiger partial charge in [-0.25, -0.2) is 8.78 Å². The average Bonchev–Trinajstić information content (AvgIpc) is 3.27. The van der Waals surface area contributed by atoms with Crippen LogP contribution < -0.4 is 10.1 Å². The number of benzene rings is 1. The van der Waals surface area contributed by atoms with E-state index < -0.39 is 13.0 Å². The summed E-state index contributed by atoms with van der Waals surface area (Å²) < 4.78 is 32.4. The maximum Gasteiger partial charge on any atom is 0.296 e. The molecule has 1 amide bonds. The number of alkyl halides is 2. The normalized spacial score (nSPS) is 20.2. The van der Waals surface area contributed by atoms with Gasteiger partial charge in [0, 0.05) is 54.9 Å². The van der Waals surface area contributed by atoms with Crippen LogP contribution >= 0.6 is 0 Å². The van der Waals surface area contributed by atoms with Crippen molar-refractivity contribution in [2.75, 3.05) is 19.7 Å². The second-order valence-electron chi connectivity index (χ2n) is 10.1. The molecule has 0 atom stereocenters. The van der Waals surface area contributed by atoms with Crippen molar-refractivity contribution in [2.45, 2.75) is 71.0 Å². The van der Waals surface area contributed by atoms with E-state index in [-0.39, 0.29) is 11.9 Å². The van der Waals surface area contributed by atoms with Gasteiger partial charge in [0.25, 0.3) is 18.3 Å². The third-order valence-electron chi connectivity index (χ3n) is 7.74. The molecule has 0 saturated heterocycles. The van der Waals surface area contributed by atoms with E-state index in [0.29, 0.717) is 24.0 Å². The Balaban J connectivity index is 1.09. The highest BCUT2D eigenvalue weighted by atomic mass is 19.3. The summed E-state index contributed by atoms with van der Waals surface area (Å²) in [6.45, 7) is 4.70. The lowest BCUT2D eigenvalue weighted by atomic mass is 9.84. The third kappa shape index (κ3) is 5.92. The number of aromatic nitrogens is 3. The summed E-state index contributed by atoms with van der Waals surface area (Å²) in [6, 6.07) is 10.0. The first kappa shape index (κ1) is 25.6. The lowest BCUT2D eigenvalue weighted by Gasteiger charge is -2.32. The number of ether oxygens (including phenoxy) is 1. The number of hydrogen-bond donors (Lipinski definition) is 1. The average molecular weight is 512 g/mol. The number of carbonyl (C=O) groups excluding carboxylic acids is 1. The van der Waals surface area contributed by atoms with E-state index in [0.717, 1.165) is 80.4 Å². The SMILES string of the molecule is CCn1c(OCC(F)F)nc2c1CCN(CC[C@H]1CC[C@H](NC(=O)c3cccc4ncccc34)CC1)C2. The van der Waals surface area contributed by atoms with Gasteiger partial charge in [-0.3, -0.25) is 19.2 Å². The predicted octanol–water partition coefficient (Wildman–Crippen LogP) is 4.83. The number of nitrogens with one attached hydrogen (secondary N) is 1. The van der Waals surface area contributed by atoms with Gasteiger partial charge < -0.3 is 10.1 Å². The number of imidazole rings is 1. The summed E-state index contributed by atoms with van der Waals surface area (Å²) in [6.07, 6.45) is 5.42. The fraction of sp³-hybridized carbons (Fsp3) is 0.536. The number of halogens is 2. The van der Waals surface area contributed by atoms with Crippen molar-refractivity contribution in [3.8, 4) is 6.01 Å². The van der Waals surface area contributed by atoms with Crippen LogP contribution in [0.3, 0.4) is 0 Å². The van der Waals surface area contributed by atoms with Gasteiger partial charge in [0.1, 0.15) is 0 Å². The number of fused-ring (bicyclic) bond motifs is 2. The zero-order valence-electron chi connectivity index (χ0n) is 21.3. The van der Waals surface area contributed by atoms with Gasteiger partial charge in [-0.1, -0.05) is 12.1 Å². The van der Waals surface area contributed by atoms with Crippen LogP contribution in [0.1, 0.15) is 60.8 Å². The molecule has 3 aromatic rings. The topological polar surface area (TPSA) is 72.3 Å². The summed E-state index contributed by atoms with van der Waals surface area (Å²) in [7, 11) is 0. The van der Waals surface area contributed by atoms with Crippen LogP contribution in [0.15, 0.2) is 36.5 Å². The summed E-state index contributed by atoms with van der Waals surface area (Å²) >= 11 is 0. The van der Waals surface area contributed by atoms with Crippen molar-refractivity contribution < 1.29 is 18.3 Å². The summed E-state index contributed by atoms with van der Waals surface area (Å²) in [5.41, 5.74) is 3.58. The Morgan fingerprint density at radius 3 is 2.81 bits per heavy atom. The Hall–Kier alpha value is -3.07. The number of amides is 1. The molecule has 7 nitrogen and oxygen atoms in total. The molecule has 2 aromatic heterocycles. The molecule has 1 N–H and O–H groups in total. The highest BCUT2D eigenvalue weighted by molar-refractivity contribution is 6.06. The van der Waals surface area contributed by atoms with Crippen LogP contribution in [-0.2, 0) is 19.5 Å². The van der Waals surface area contributed by atoms with Crippen LogP contribution in [0.5, 0.6) is 6.01 Å². The van der Waals surface area contributed by atoms with E-state index in [1.165, 1.54) is 0 Å². The molecule has 9 heteroatoms. The maximum absolute atomic E-state index is 13.0. The minimum Gasteiger partial charge on any atom is -0.459 e. The van der Waals surface area contributed by atoms with Gasteiger partial charge in [0.15, 0.2) is 6.61 Å². The molecule has 0 bridgehead atoms. The van der Waals surface area contributed by atoms with E-state index in [2.05, 4.69) is 20.2 Å². The van der Waals surface area contributed by atoms with Crippen LogP contribution in [0.2, 0.25) is 0 Å². The lowest BCUT2D eigenvalue weighted by molar-refractivity contribution is 0.0749. The van der Waals surface area contributed by atoms with Crippen molar-refractivity contribution in [3.05, 3.63) is 53.5 Å². The molecular weight excluding hydrogens is 476 g/mol. The zero-order valence-corrected chi connectivity index (χ0v) is 21.3. The van der Waals surface area contributed by atoms with Crippen molar-refractivity contribution in [2.24, 2.45) is 5.92 Å². The van der Waals surface area contributed by atoms with Gasteiger partial charge >= 0.3 is 0 Å². The minimum atomic E-state index is -2.51. The molecule has 0 radical (unpaired) electrons. The van der Waals surface area contributed by atoms with E-state index in [9.17, 15) is 13.6 Å². The van der Waals surface area contributed by atoms with Crippen LogP contribution in [0.4, 0.5) is 8.78 Å². The van der Waals surface area contributed by atoms with Crippen LogP contribution in [-0.4, -0.2) is 57.5 Å².